The Hall–Kier alpha value is -1.69. The van der Waals surface area contributed by atoms with E-state index in [1.165, 1.54) is 57.8 Å². The van der Waals surface area contributed by atoms with Gasteiger partial charge in [-0.2, -0.15) is 0 Å². The second-order valence-corrected chi connectivity index (χ2v) is 9.38. The van der Waals surface area contributed by atoms with E-state index in [4.69, 9.17) is 17.2 Å². The van der Waals surface area contributed by atoms with Gasteiger partial charge in [-0.05, 0) is 74.6 Å². The van der Waals surface area contributed by atoms with Gasteiger partial charge in [0.05, 0.1) is 11.5 Å². The van der Waals surface area contributed by atoms with Crippen molar-refractivity contribution < 1.29 is 4.79 Å². The summed E-state index contributed by atoms with van der Waals surface area (Å²) in [5.41, 5.74) is 17.4. The largest absolute Gasteiger partial charge is 0.394 e. The van der Waals surface area contributed by atoms with Crippen LogP contribution in [0.3, 0.4) is 0 Å². The van der Waals surface area contributed by atoms with Crippen LogP contribution in [0.15, 0.2) is 23.7 Å². The molecule has 166 valence electrons. The molecule has 2 rings (SSSR count). The Morgan fingerprint density at radius 2 is 1.69 bits per heavy atom. The van der Waals surface area contributed by atoms with E-state index in [1.807, 2.05) is 0 Å². The number of carbonyl (C=O) groups is 1. The van der Waals surface area contributed by atoms with Gasteiger partial charge in [0.2, 0.25) is 0 Å². The van der Waals surface area contributed by atoms with E-state index in [1.54, 1.807) is 6.08 Å². The summed E-state index contributed by atoms with van der Waals surface area (Å²) in [7, 11) is 0. The molecule has 6 N–H and O–H groups in total. The highest BCUT2D eigenvalue weighted by molar-refractivity contribution is 5.91. The van der Waals surface area contributed by atoms with Crippen molar-refractivity contribution >= 4 is 5.91 Å². The molecule has 0 radical (unpaired) electrons. The van der Waals surface area contributed by atoms with Gasteiger partial charge in [-0.3, -0.25) is 4.79 Å². The van der Waals surface area contributed by atoms with Crippen LogP contribution >= 0.6 is 0 Å². The number of likely N-dealkylation sites (tertiary alicyclic amines) is 2. The van der Waals surface area contributed by atoms with Crippen molar-refractivity contribution in [1.82, 2.24) is 9.80 Å². The molecule has 1 unspecified atom stereocenters. The molecular formula is C23H43N5O. The van der Waals surface area contributed by atoms with Crippen molar-refractivity contribution in [1.29, 1.82) is 0 Å². The average molecular weight is 406 g/mol. The standard InChI is InChI=1S/C23H43N5O/c1-4-18(3)16-23(5-2)10-14-27(15-11-23)17-19-8-12-28(13-9-19)21(25)7-6-20(24)22(26)29/h6-7,18-19H,4-5,8-17,24-25H2,1-3H3,(H2,26,29)/b20-6-,21-7+. The number of hydrogen-bond donors (Lipinski definition) is 3. The van der Waals surface area contributed by atoms with Crippen LogP contribution < -0.4 is 17.2 Å². The van der Waals surface area contributed by atoms with Crippen LogP contribution in [0.2, 0.25) is 0 Å². The topological polar surface area (TPSA) is 102 Å². The molecule has 1 amide bonds. The molecule has 2 saturated heterocycles. The molecule has 0 bridgehead atoms. The van der Waals surface area contributed by atoms with Gasteiger partial charge >= 0.3 is 0 Å². The zero-order valence-corrected chi connectivity index (χ0v) is 18.8. The van der Waals surface area contributed by atoms with E-state index in [-0.39, 0.29) is 5.70 Å². The third kappa shape index (κ3) is 6.95. The Morgan fingerprint density at radius 3 is 2.21 bits per heavy atom. The summed E-state index contributed by atoms with van der Waals surface area (Å²) in [6.07, 6.45) is 12.2. The Labute approximate surface area is 177 Å². The zero-order valence-electron chi connectivity index (χ0n) is 18.8. The number of nitrogens with zero attached hydrogens (tertiary/aromatic N) is 2. The molecule has 0 aromatic heterocycles. The number of primary amides is 1. The highest BCUT2D eigenvalue weighted by atomic mass is 16.1. The van der Waals surface area contributed by atoms with Crippen molar-refractivity contribution in [3.05, 3.63) is 23.7 Å². The molecule has 2 aliphatic heterocycles. The van der Waals surface area contributed by atoms with Crippen molar-refractivity contribution in [3.8, 4) is 0 Å². The lowest BCUT2D eigenvalue weighted by Crippen LogP contribution is -2.44. The van der Waals surface area contributed by atoms with Crippen LogP contribution in [0.25, 0.3) is 0 Å². The van der Waals surface area contributed by atoms with Crippen molar-refractivity contribution in [2.75, 3.05) is 32.7 Å². The fourth-order valence-electron chi connectivity index (χ4n) is 4.90. The molecule has 2 heterocycles. The molecular weight excluding hydrogens is 362 g/mol. The van der Waals surface area contributed by atoms with Gasteiger partial charge in [-0.1, -0.05) is 33.6 Å². The number of allylic oxidation sites excluding steroid dienone is 2. The Bertz CT molecular complexity index is 584. The van der Waals surface area contributed by atoms with E-state index < -0.39 is 5.91 Å². The average Bonchev–Trinajstić information content (AvgIpc) is 2.73. The SMILES string of the molecule is CCC(C)CC1(CC)CCN(CC2CCN(/C(N)=C/C=C(\N)C(N)=O)CC2)CC1. The van der Waals surface area contributed by atoms with Crippen LogP contribution in [0.1, 0.15) is 65.7 Å². The third-order valence-electron chi connectivity index (χ3n) is 7.36. The van der Waals surface area contributed by atoms with Gasteiger partial charge in [0.15, 0.2) is 0 Å². The predicted octanol–water partition coefficient (Wildman–Crippen LogP) is 2.75. The lowest BCUT2D eigenvalue weighted by atomic mass is 9.70. The summed E-state index contributed by atoms with van der Waals surface area (Å²) in [5, 5.41) is 0. The van der Waals surface area contributed by atoms with Crippen molar-refractivity contribution in [2.45, 2.75) is 65.7 Å². The molecule has 2 aliphatic rings. The van der Waals surface area contributed by atoms with Crippen LogP contribution in [-0.2, 0) is 4.79 Å². The number of nitrogens with two attached hydrogens (primary N) is 3. The van der Waals surface area contributed by atoms with Gasteiger partial charge in [0.1, 0.15) is 0 Å². The summed E-state index contributed by atoms with van der Waals surface area (Å²) in [6, 6.07) is 0. The van der Waals surface area contributed by atoms with E-state index in [0.717, 1.165) is 37.8 Å². The van der Waals surface area contributed by atoms with Crippen LogP contribution in [-0.4, -0.2) is 48.4 Å². The lowest BCUT2D eigenvalue weighted by Gasteiger charge is -2.44. The maximum atomic E-state index is 11.0. The normalized spacial score (nSPS) is 23.2. The molecule has 0 aliphatic carbocycles. The lowest BCUT2D eigenvalue weighted by molar-refractivity contribution is -0.114. The second-order valence-electron chi connectivity index (χ2n) is 9.38. The molecule has 29 heavy (non-hydrogen) atoms. The maximum Gasteiger partial charge on any atom is 0.264 e. The first kappa shape index (κ1) is 23.6. The summed E-state index contributed by atoms with van der Waals surface area (Å²) in [5.74, 6) is 1.63. The minimum atomic E-state index is -0.620. The van der Waals surface area contributed by atoms with Crippen LogP contribution in [0, 0.1) is 17.3 Å². The van der Waals surface area contributed by atoms with E-state index in [9.17, 15) is 4.79 Å². The molecule has 6 nitrogen and oxygen atoms in total. The smallest absolute Gasteiger partial charge is 0.264 e. The van der Waals surface area contributed by atoms with Gasteiger partial charge in [0, 0.05) is 19.6 Å². The van der Waals surface area contributed by atoms with Crippen LogP contribution in [0.4, 0.5) is 0 Å². The zero-order chi connectivity index (χ0) is 21.4. The quantitative estimate of drug-likeness (QED) is 0.404. The Kier molecular flexibility index (Phi) is 8.87. The monoisotopic (exact) mass is 405 g/mol. The van der Waals surface area contributed by atoms with Gasteiger partial charge in [0.25, 0.3) is 5.91 Å². The molecule has 1 atom stereocenters. The summed E-state index contributed by atoms with van der Waals surface area (Å²) >= 11 is 0. The minimum absolute atomic E-state index is 0.0319. The predicted molar refractivity (Wildman–Crippen MR) is 121 cm³/mol. The molecule has 0 aromatic rings. The number of rotatable bonds is 9. The van der Waals surface area contributed by atoms with Gasteiger partial charge in [-0.15, -0.1) is 0 Å². The summed E-state index contributed by atoms with van der Waals surface area (Å²) in [4.78, 5) is 15.9. The van der Waals surface area contributed by atoms with E-state index in [0.29, 0.717) is 11.2 Å². The Morgan fingerprint density at radius 1 is 1.07 bits per heavy atom. The molecule has 2 fully saturated rings. The van der Waals surface area contributed by atoms with Crippen molar-refractivity contribution in [3.63, 3.8) is 0 Å². The maximum absolute atomic E-state index is 11.0. The van der Waals surface area contributed by atoms with Gasteiger partial charge < -0.3 is 27.0 Å². The molecule has 6 heteroatoms. The molecule has 0 spiro atoms. The molecule has 0 aromatic carbocycles. The van der Waals surface area contributed by atoms with Crippen LogP contribution in [0.5, 0.6) is 0 Å². The first-order valence-corrected chi connectivity index (χ1v) is 11.5. The second kappa shape index (κ2) is 10.9. The third-order valence-corrected chi connectivity index (χ3v) is 7.36. The first-order valence-electron chi connectivity index (χ1n) is 11.5. The highest BCUT2D eigenvalue weighted by Crippen LogP contribution is 2.41. The Balaban J connectivity index is 1.77. The fourth-order valence-corrected chi connectivity index (χ4v) is 4.90. The number of hydrogen-bond acceptors (Lipinski definition) is 5. The summed E-state index contributed by atoms with van der Waals surface area (Å²) in [6.45, 7) is 12.8. The number of amides is 1. The summed E-state index contributed by atoms with van der Waals surface area (Å²) < 4.78 is 0. The van der Waals surface area contributed by atoms with Gasteiger partial charge in [-0.25, -0.2) is 0 Å². The minimum Gasteiger partial charge on any atom is -0.394 e. The highest BCUT2D eigenvalue weighted by Gasteiger charge is 2.34. The fraction of sp³-hybridized carbons (Fsp3) is 0.783. The van der Waals surface area contributed by atoms with Crippen molar-refractivity contribution in [2.24, 2.45) is 34.5 Å². The van der Waals surface area contributed by atoms with E-state index in [2.05, 4.69) is 30.6 Å². The number of piperidine rings is 2. The molecule has 0 saturated carbocycles. The van der Waals surface area contributed by atoms with E-state index >= 15 is 0 Å². The number of carbonyl (C=O) groups excluding carboxylic acids is 1. The first-order chi connectivity index (χ1) is 13.8.